The standard InChI is InChI=1S/2C13H15IN2O4S.C9H8N2O3S.C8H6INO2S.C7H7NO4S.C7H9NO2S.C7H8O2S.C6H6O2S.CH4O4S.CH4O.CH3.Na/c1-13(2,3)20-9(17)6-16-7-5-8(12(18)19-4)21-10(7)11(14)15-16;1-13(2,3)20-9(17)6-16-11(14)10-7(15-16)5-8(21-10)12(18)19-4;1-5(12)11-6-3-7(9(13)14-2)15-8(6)4-10-11;1-12-8(11)5-2-4-3-10-7(9)6(4)13-5;1-4-5(8(10)11)3-6(13-4)7(9)12-2;1-4-5(8)3-6(11-4)7(9)10-2;1-5-3-4-6(10-5)7(8)9-2;1-4-2-3-5(9-4)6(7)8;1-6-5-4-3-2;1-2;;/h2*5H,6H2,1-4H3;3-4H,1-2H3;2H,3H2,1H3;3H,1-2H3;3H,8H2,1-2H3;3-4H,1-2H3;2-3H,1H3,(H,7,8);2H,1H3;2H,1H3;1H3;/q;;;;;;;;;;-1;+1. The van der Waals surface area contributed by atoms with Gasteiger partial charge in [-0.2, -0.15) is 20.0 Å². The Morgan fingerprint density at radius 2 is 1.00 bits per heavy atom. The van der Waals surface area contributed by atoms with Gasteiger partial charge in [-0.1, -0.05) is 0 Å². The molecule has 50 heteroatoms. The van der Waals surface area contributed by atoms with Crippen LogP contribution in [0.15, 0.2) is 71.9 Å². The van der Waals surface area contributed by atoms with Crippen molar-refractivity contribution in [2.24, 2.45) is 4.99 Å². The normalized spacial score (nSPS) is 10.6. The molecule has 0 radical (unpaired) electrons. The van der Waals surface area contributed by atoms with Crippen LogP contribution in [-0.4, -0.2) is 193 Å². The molecule has 0 bridgehead atoms. The van der Waals surface area contributed by atoms with Crippen LogP contribution in [0.5, 0.6) is 0 Å². The fraction of sp³-hybridized carbons (Fsp3) is 0.342. The predicted molar refractivity (Wildman–Crippen MR) is 492 cm³/mol. The van der Waals surface area contributed by atoms with Crippen molar-refractivity contribution in [3.63, 3.8) is 0 Å². The Morgan fingerprint density at radius 1 is 0.569 bits per heavy atom. The summed E-state index contributed by atoms with van der Waals surface area (Å²) in [5.74, 6) is -4.28. The number of methoxy groups -OCH3 is 7. The van der Waals surface area contributed by atoms with Crippen molar-refractivity contribution in [2.45, 2.75) is 107 Å². The Bertz CT molecular complexity index is 5390. The molecule has 1 aliphatic rings. The van der Waals surface area contributed by atoms with Gasteiger partial charge < -0.3 is 66.0 Å². The van der Waals surface area contributed by atoms with E-state index in [1.165, 1.54) is 147 Å². The molecule has 0 fully saturated rings. The van der Waals surface area contributed by atoms with Gasteiger partial charge in [0.05, 0.1) is 102 Å². The number of aliphatic hydroxyl groups is 1. The minimum Gasteiger partial charge on any atom is -0.477 e. The van der Waals surface area contributed by atoms with Crippen LogP contribution in [0.3, 0.4) is 0 Å². The van der Waals surface area contributed by atoms with E-state index >= 15 is 0 Å². The third-order valence-electron chi connectivity index (χ3n) is 13.6. The van der Waals surface area contributed by atoms with Gasteiger partial charge in [-0.3, -0.25) is 34.2 Å². The molecule has 37 nitrogen and oxygen atoms in total. The molecule has 0 saturated carbocycles. The third-order valence-corrected chi connectivity index (χ3v) is 26.1. The number of nitro groups is 1. The number of carbonyl (C=O) groups is 11. The zero-order valence-electron chi connectivity index (χ0n) is 70.0. The number of rotatable bonds is 16. The quantitative estimate of drug-likeness (QED) is 0.00667. The number of thiophene rings is 8. The van der Waals surface area contributed by atoms with E-state index in [1.54, 1.807) is 71.2 Å². The molecule has 0 aromatic carbocycles. The number of halogens is 3. The molecule has 666 valence electrons. The van der Waals surface area contributed by atoms with E-state index in [0.29, 0.717) is 62.3 Å². The Labute approximate surface area is 803 Å². The largest absolute Gasteiger partial charge is 1.00 e. The predicted octanol–water partition coefficient (Wildman–Crippen LogP) is 13.9. The third kappa shape index (κ3) is 36.5. The molecule has 11 aromatic heterocycles. The maximum Gasteiger partial charge on any atom is 1.00 e. The van der Waals surface area contributed by atoms with Crippen molar-refractivity contribution < 1.29 is 160 Å². The first-order chi connectivity index (χ1) is 56.8. The number of anilines is 1. The van der Waals surface area contributed by atoms with Crippen molar-refractivity contribution in [2.75, 3.05) is 68.9 Å². The minimum atomic E-state index is -0.840. The Hall–Kier alpha value is -7.41. The van der Waals surface area contributed by atoms with Gasteiger partial charge in [0.15, 0.2) is 0 Å². The molecular weight excluding hydrogens is 2140 g/mol. The Balaban J connectivity index is 0.000000702. The summed E-state index contributed by atoms with van der Waals surface area (Å²) in [5, 5.41) is 52.2. The number of aromatic carboxylic acids is 1. The van der Waals surface area contributed by atoms with Crippen LogP contribution in [-0.2, 0) is 86.3 Å². The number of nitrogens with two attached hydrogens (primary N) is 1. The molecule has 12 rings (SSSR count). The van der Waals surface area contributed by atoms with E-state index in [2.05, 4.69) is 131 Å². The average Bonchev–Trinajstić information content (AvgIpc) is 1.59. The van der Waals surface area contributed by atoms with Gasteiger partial charge in [-0.15, -0.1) is 95.0 Å². The molecule has 0 saturated heterocycles. The van der Waals surface area contributed by atoms with Crippen molar-refractivity contribution in [3.05, 3.63) is 161 Å². The number of carboxylic acids is 1. The van der Waals surface area contributed by atoms with Crippen LogP contribution in [0.1, 0.15) is 161 Å². The number of carboxylic acid groups (broad SMARTS) is 1. The fourth-order valence-electron chi connectivity index (χ4n) is 8.65. The van der Waals surface area contributed by atoms with Gasteiger partial charge in [0.25, 0.3) is 5.69 Å². The molecule has 5 N–H and O–H groups in total. The molecule has 0 unspecified atom stereocenters. The van der Waals surface area contributed by atoms with Crippen LogP contribution >= 0.6 is 171 Å². The van der Waals surface area contributed by atoms with E-state index in [0.717, 1.165) is 86.3 Å². The fourth-order valence-corrected chi connectivity index (χ4v) is 18.4. The number of ether oxygens (including phenoxy) is 9. The summed E-state index contributed by atoms with van der Waals surface area (Å²) in [6.07, 6.45) is 3.17. The van der Waals surface area contributed by atoms with Gasteiger partial charge in [0.1, 0.15) is 79.9 Å². The minimum absolute atomic E-state index is 0. The smallest absolute Gasteiger partial charge is 0.477 e. The summed E-state index contributed by atoms with van der Waals surface area (Å²) in [5.41, 5.74) is 8.27. The van der Waals surface area contributed by atoms with Crippen molar-refractivity contribution in [3.8, 4) is 0 Å². The van der Waals surface area contributed by atoms with Gasteiger partial charge in [0, 0.05) is 58.7 Å². The summed E-state index contributed by atoms with van der Waals surface area (Å²) in [6.45, 7) is 20.4. The topological polar surface area (TPSA) is 494 Å². The molecule has 12 heterocycles. The van der Waals surface area contributed by atoms with Gasteiger partial charge in [0.2, 0.25) is 5.91 Å². The number of aryl methyl sites for hydroxylation is 4. The number of carbonyl (C=O) groups excluding carboxylic acids is 10. The number of aromatic nitrogens is 6. The first kappa shape index (κ1) is 114. The van der Waals surface area contributed by atoms with Crippen LogP contribution in [0.2, 0.25) is 0 Å². The van der Waals surface area contributed by atoms with Crippen molar-refractivity contribution in [1.82, 2.24) is 29.3 Å². The number of nitrogens with zero attached hydrogens (tertiary/aromatic N) is 8. The first-order valence-corrected chi connectivity index (χ1v) is 44.5. The summed E-state index contributed by atoms with van der Waals surface area (Å²) in [7, 11) is 10.4. The number of nitrogen functional groups attached to an aromatic ring is 1. The van der Waals surface area contributed by atoms with Crippen LogP contribution in [0.25, 0.3) is 30.6 Å². The van der Waals surface area contributed by atoms with E-state index in [9.17, 15) is 62.9 Å². The van der Waals surface area contributed by atoms with Crippen LogP contribution < -0.4 is 35.3 Å². The van der Waals surface area contributed by atoms with E-state index in [-0.39, 0.29) is 102 Å². The molecule has 0 amide bonds. The van der Waals surface area contributed by atoms with Crippen molar-refractivity contribution >= 4 is 282 Å². The second-order valence-electron chi connectivity index (χ2n) is 24.6. The van der Waals surface area contributed by atoms with Crippen molar-refractivity contribution in [1.29, 1.82) is 0 Å². The number of hydrogen-bond donors (Lipinski definition) is 4. The summed E-state index contributed by atoms with van der Waals surface area (Å²) in [4.78, 5) is 146. The van der Waals surface area contributed by atoms with Crippen LogP contribution in [0.4, 0.5) is 11.4 Å². The van der Waals surface area contributed by atoms with Crippen LogP contribution in [0, 0.1) is 52.6 Å². The number of aliphatic imine (C=N–C) groups is 1. The molecule has 0 spiro atoms. The molecule has 11 aromatic rings. The average molecular weight is 2230 g/mol. The van der Waals surface area contributed by atoms with Gasteiger partial charge in [-0.05, 0) is 207 Å². The molecule has 1 aliphatic heterocycles. The maximum absolute atomic E-state index is 11.9. The first-order valence-electron chi connectivity index (χ1n) is 33.6. The molecule has 0 aliphatic carbocycles. The summed E-state index contributed by atoms with van der Waals surface area (Å²) < 4.78 is 56.0. The Kier molecular flexibility index (Phi) is 51.0. The maximum atomic E-state index is 11.9. The monoisotopic (exact) mass is 2230 g/mol. The number of esters is 9. The molecule has 0 atom stereocenters. The summed E-state index contributed by atoms with van der Waals surface area (Å²) in [6, 6.07) is 16.8. The summed E-state index contributed by atoms with van der Waals surface area (Å²) >= 11 is 17.7. The van der Waals surface area contributed by atoms with Gasteiger partial charge >= 0.3 is 89.3 Å². The van der Waals surface area contributed by atoms with E-state index in [4.69, 9.17) is 35.4 Å². The number of aliphatic hydroxyl groups excluding tert-OH is 1. The zero-order chi connectivity index (χ0) is 91.7. The second-order valence-corrected chi connectivity index (χ2v) is 37.5. The number of fused-ring (bicyclic) bond motifs is 4. The van der Waals surface area contributed by atoms with Gasteiger partial charge in [-0.25, -0.2) is 48.3 Å². The Morgan fingerprint density at radius 3 is 1.39 bits per heavy atom. The second kappa shape index (κ2) is 55.2. The number of hydrogen-bond acceptors (Lipinski definition) is 41. The molecular formula is C73H85I3N9NaO28S9. The van der Waals surface area contributed by atoms with E-state index in [1.807, 2.05) is 74.4 Å². The van der Waals surface area contributed by atoms with E-state index < -0.39 is 40.0 Å². The zero-order valence-corrected chi connectivity index (χ0v) is 85.8. The SMILES string of the molecule is CO.COC(=O)c1cc(N)c(C)s1.COC(=O)c1cc([N+](=O)[O-])c(C)s1.COC(=O)c1cc2c(cnn2C(C)=O)s1.COC(=O)c1cc2c(s1)C(I)=NC2.COC(=O)c1cc2c(s1)c(I)nn2CC(=O)OC(C)(C)C.COC(=O)c1cc2nn(CC(=O)OC(C)(C)C)c(I)c2s1.COC(=O)c1ccc(C)s1.CSOOOO.Cc1ccc(C(=O)O)s1.[CH3-].[Na+]. The molecule has 123 heavy (non-hydrogen) atoms.